The van der Waals surface area contributed by atoms with Crippen LogP contribution in [0.3, 0.4) is 0 Å². The van der Waals surface area contributed by atoms with Gasteiger partial charge in [0.2, 0.25) is 0 Å². The summed E-state index contributed by atoms with van der Waals surface area (Å²) in [6, 6.07) is 9.38. The summed E-state index contributed by atoms with van der Waals surface area (Å²) in [5, 5.41) is 7.52. The van der Waals surface area contributed by atoms with Gasteiger partial charge in [-0.25, -0.2) is 0 Å². The van der Waals surface area contributed by atoms with Crippen molar-refractivity contribution in [1.29, 1.82) is 0 Å². The minimum absolute atomic E-state index is 0.543. The van der Waals surface area contributed by atoms with Crippen LogP contribution >= 0.6 is 34.5 Å². The van der Waals surface area contributed by atoms with Crippen LogP contribution in [0.5, 0.6) is 0 Å². The maximum atomic E-state index is 6.32. The number of halogens is 2. The Kier molecular flexibility index (Phi) is 7.37. The van der Waals surface area contributed by atoms with Crippen LogP contribution in [-0.2, 0) is 4.84 Å². The highest BCUT2D eigenvalue weighted by Crippen LogP contribution is 2.25. The SMILES string of the molecule is CCN(CC)CCON=C(c1cccs1)c1ccc(Cl)cc1Cl. The summed E-state index contributed by atoms with van der Waals surface area (Å²) in [6.45, 7) is 7.67. The number of rotatable bonds is 8. The second-order valence-electron chi connectivity index (χ2n) is 4.90. The minimum Gasteiger partial charge on any atom is -0.394 e. The van der Waals surface area contributed by atoms with Crippen LogP contribution in [0, 0.1) is 0 Å². The van der Waals surface area contributed by atoms with Crippen LogP contribution in [0.1, 0.15) is 24.3 Å². The van der Waals surface area contributed by atoms with Crippen LogP contribution < -0.4 is 0 Å². The first-order chi connectivity index (χ1) is 11.2. The standard InChI is InChI=1S/C17H20Cl2N2OS/c1-3-21(4-2)9-10-22-20-17(16-6-5-11-23-16)14-8-7-13(18)12-15(14)19/h5-8,11-12H,3-4,9-10H2,1-2H3. The maximum Gasteiger partial charge on any atom is 0.129 e. The molecule has 23 heavy (non-hydrogen) atoms. The summed E-state index contributed by atoms with van der Waals surface area (Å²) in [4.78, 5) is 8.85. The third-order valence-corrected chi connectivity index (χ3v) is 4.91. The van der Waals surface area contributed by atoms with Crippen LogP contribution in [0.4, 0.5) is 0 Å². The largest absolute Gasteiger partial charge is 0.394 e. The zero-order chi connectivity index (χ0) is 16.7. The van der Waals surface area contributed by atoms with E-state index in [-0.39, 0.29) is 0 Å². The Balaban J connectivity index is 2.17. The molecule has 0 aliphatic carbocycles. The van der Waals surface area contributed by atoms with Crippen molar-refractivity contribution in [3.05, 3.63) is 56.2 Å². The highest BCUT2D eigenvalue weighted by molar-refractivity contribution is 7.12. The average molecular weight is 371 g/mol. The maximum absolute atomic E-state index is 6.32. The van der Waals surface area contributed by atoms with Gasteiger partial charge in [-0.05, 0) is 42.7 Å². The number of benzene rings is 1. The first-order valence-electron chi connectivity index (χ1n) is 7.57. The fraction of sp³-hybridized carbons (Fsp3) is 0.353. The molecule has 0 N–H and O–H groups in total. The topological polar surface area (TPSA) is 24.8 Å². The molecule has 0 unspecified atom stereocenters. The Labute approximate surface area is 151 Å². The van der Waals surface area contributed by atoms with E-state index < -0.39 is 0 Å². The van der Waals surface area contributed by atoms with Crippen molar-refractivity contribution in [3.63, 3.8) is 0 Å². The minimum atomic E-state index is 0.543. The Morgan fingerprint density at radius 1 is 1.22 bits per heavy atom. The van der Waals surface area contributed by atoms with Gasteiger partial charge in [0.1, 0.15) is 12.3 Å². The van der Waals surface area contributed by atoms with Crippen molar-refractivity contribution < 1.29 is 4.84 Å². The van der Waals surface area contributed by atoms with E-state index in [4.69, 9.17) is 28.0 Å². The van der Waals surface area contributed by atoms with E-state index in [2.05, 4.69) is 23.9 Å². The molecule has 0 bridgehead atoms. The lowest BCUT2D eigenvalue weighted by atomic mass is 10.1. The lowest BCUT2D eigenvalue weighted by Crippen LogP contribution is -2.26. The second kappa shape index (κ2) is 9.28. The van der Waals surface area contributed by atoms with E-state index in [9.17, 15) is 0 Å². The van der Waals surface area contributed by atoms with Gasteiger partial charge in [-0.2, -0.15) is 0 Å². The Morgan fingerprint density at radius 2 is 2.00 bits per heavy atom. The smallest absolute Gasteiger partial charge is 0.129 e. The Morgan fingerprint density at radius 3 is 2.61 bits per heavy atom. The number of hydrogen-bond donors (Lipinski definition) is 0. The Hall–Kier alpha value is -1.07. The molecule has 0 aliphatic rings. The van der Waals surface area contributed by atoms with E-state index in [0.29, 0.717) is 16.7 Å². The summed E-state index contributed by atoms with van der Waals surface area (Å²) in [7, 11) is 0. The quantitative estimate of drug-likeness (QED) is 0.364. The molecule has 1 heterocycles. The summed E-state index contributed by atoms with van der Waals surface area (Å²) < 4.78 is 0. The first kappa shape index (κ1) is 18.3. The summed E-state index contributed by atoms with van der Waals surface area (Å²) >= 11 is 13.9. The van der Waals surface area contributed by atoms with Crippen LogP contribution in [-0.4, -0.2) is 36.9 Å². The molecule has 2 rings (SSSR count). The monoisotopic (exact) mass is 370 g/mol. The van der Waals surface area contributed by atoms with Gasteiger partial charge in [-0.1, -0.05) is 48.3 Å². The highest BCUT2D eigenvalue weighted by Gasteiger charge is 2.13. The number of thiophene rings is 1. The van der Waals surface area contributed by atoms with E-state index in [1.807, 2.05) is 29.6 Å². The van der Waals surface area contributed by atoms with Gasteiger partial charge in [0.25, 0.3) is 0 Å². The van der Waals surface area contributed by atoms with Gasteiger partial charge < -0.3 is 9.74 Å². The molecule has 124 valence electrons. The van der Waals surface area contributed by atoms with E-state index >= 15 is 0 Å². The van der Waals surface area contributed by atoms with Crippen LogP contribution in [0.15, 0.2) is 40.9 Å². The Bertz CT molecular complexity index is 640. The average Bonchev–Trinajstić information content (AvgIpc) is 3.06. The lowest BCUT2D eigenvalue weighted by molar-refractivity contribution is 0.114. The molecule has 0 aliphatic heterocycles. The van der Waals surface area contributed by atoms with E-state index in [1.54, 1.807) is 17.4 Å². The van der Waals surface area contributed by atoms with Gasteiger partial charge in [0.15, 0.2) is 0 Å². The van der Waals surface area contributed by atoms with Gasteiger partial charge in [-0.3, -0.25) is 0 Å². The molecular weight excluding hydrogens is 351 g/mol. The highest BCUT2D eigenvalue weighted by atomic mass is 35.5. The predicted octanol–water partition coefficient (Wildman–Crippen LogP) is 5.17. The molecule has 0 amide bonds. The zero-order valence-electron chi connectivity index (χ0n) is 13.3. The van der Waals surface area contributed by atoms with E-state index in [0.717, 1.165) is 35.8 Å². The molecule has 3 nitrogen and oxygen atoms in total. The van der Waals surface area contributed by atoms with Crippen molar-refractivity contribution in [2.24, 2.45) is 5.16 Å². The number of hydrogen-bond acceptors (Lipinski definition) is 4. The van der Waals surface area contributed by atoms with Gasteiger partial charge >= 0.3 is 0 Å². The van der Waals surface area contributed by atoms with Crippen molar-refractivity contribution in [2.75, 3.05) is 26.2 Å². The van der Waals surface area contributed by atoms with Gasteiger partial charge in [0, 0.05) is 17.1 Å². The summed E-state index contributed by atoms with van der Waals surface area (Å²) in [6.07, 6.45) is 0. The summed E-state index contributed by atoms with van der Waals surface area (Å²) in [5.74, 6) is 0. The molecule has 1 aromatic heterocycles. The van der Waals surface area contributed by atoms with Crippen LogP contribution in [0.25, 0.3) is 0 Å². The van der Waals surface area contributed by atoms with E-state index in [1.165, 1.54) is 0 Å². The molecule has 0 radical (unpaired) electrons. The molecule has 0 spiro atoms. The molecule has 0 saturated carbocycles. The van der Waals surface area contributed by atoms with Gasteiger partial charge in [-0.15, -0.1) is 11.3 Å². The number of likely N-dealkylation sites (N-methyl/N-ethyl adjacent to an activating group) is 1. The molecule has 6 heteroatoms. The first-order valence-corrected chi connectivity index (χ1v) is 9.20. The molecule has 2 aromatic rings. The van der Waals surface area contributed by atoms with Crippen molar-refractivity contribution >= 4 is 40.3 Å². The molecule has 0 atom stereocenters. The normalized spacial score (nSPS) is 12.0. The summed E-state index contributed by atoms with van der Waals surface area (Å²) in [5.41, 5.74) is 1.56. The molecule has 0 saturated heterocycles. The van der Waals surface area contributed by atoms with Crippen molar-refractivity contribution in [2.45, 2.75) is 13.8 Å². The number of oxime groups is 1. The third kappa shape index (κ3) is 5.21. The van der Waals surface area contributed by atoms with Gasteiger partial charge in [0.05, 0.1) is 9.90 Å². The zero-order valence-corrected chi connectivity index (χ0v) is 15.6. The fourth-order valence-electron chi connectivity index (χ4n) is 2.14. The van der Waals surface area contributed by atoms with Crippen LogP contribution in [0.2, 0.25) is 10.0 Å². The number of nitrogens with zero attached hydrogens (tertiary/aromatic N) is 2. The third-order valence-electron chi connectivity index (χ3n) is 3.49. The van der Waals surface area contributed by atoms with Crippen molar-refractivity contribution in [3.8, 4) is 0 Å². The molecule has 1 aromatic carbocycles. The predicted molar refractivity (Wildman–Crippen MR) is 100 cm³/mol. The lowest BCUT2D eigenvalue weighted by Gasteiger charge is -2.16. The fourth-order valence-corrected chi connectivity index (χ4v) is 3.36. The second-order valence-corrected chi connectivity index (χ2v) is 6.69. The van der Waals surface area contributed by atoms with Crippen molar-refractivity contribution in [1.82, 2.24) is 4.90 Å². The molecule has 0 fully saturated rings. The molecular formula is C17H20Cl2N2OS.